The van der Waals surface area contributed by atoms with Crippen LogP contribution in [0.1, 0.15) is 24.1 Å². The molecule has 1 fully saturated rings. The van der Waals surface area contributed by atoms with E-state index in [-0.39, 0.29) is 43.9 Å². The molecule has 16 heteroatoms. The molecule has 2 amide bonds. The summed E-state index contributed by atoms with van der Waals surface area (Å²) in [4.78, 5) is 43.3. The Balaban J connectivity index is 1.58. The van der Waals surface area contributed by atoms with Gasteiger partial charge in [-0.05, 0) is 29.8 Å². The molecule has 2 heterocycles. The number of nitrogens with two attached hydrogens (primary N) is 1. The minimum atomic E-state index is -5.13. The minimum Gasteiger partial charge on any atom is -0.389 e. The fourth-order valence-corrected chi connectivity index (χ4v) is 4.92. The maximum Gasteiger partial charge on any atom is 0.471 e. The number of amides is 2. The lowest BCUT2D eigenvalue weighted by Crippen LogP contribution is -2.45. The van der Waals surface area contributed by atoms with Crippen LogP contribution in [-0.2, 0) is 36.7 Å². The number of sulfonamides is 1. The second-order valence-corrected chi connectivity index (χ2v) is 10.5. The molecule has 1 aromatic carbocycles. The number of aryl methyl sites for hydroxylation is 1. The zero-order chi connectivity index (χ0) is 28.8. The van der Waals surface area contributed by atoms with E-state index in [4.69, 9.17) is 10.6 Å². The normalized spacial score (nSPS) is 15.1. The summed E-state index contributed by atoms with van der Waals surface area (Å²) in [5, 5.41) is 4.64. The topological polar surface area (TPSA) is 165 Å². The van der Waals surface area contributed by atoms with Crippen LogP contribution < -0.4 is 21.3 Å². The quantitative estimate of drug-likeness (QED) is 0.241. The fraction of sp³-hybridized carbons (Fsp3) is 0.391. The lowest BCUT2D eigenvalue weighted by molar-refractivity contribution is -0.172. The number of halogens is 3. The van der Waals surface area contributed by atoms with Crippen molar-refractivity contribution in [3.63, 3.8) is 0 Å². The first-order valence-electron chi connectivity index (χ1n) is 11.7. The van der Waals surface area contributed by atoms with Crippen LogP contribution in [0.25, 0.3) is 0 Å². The summed E-state index contributed by atoms with van der Waals surface area (Å²) in [5.74, 6) is -3.87. The summed E-state index contributed by atoms with van der Waals surface area (Å²) in [6.45, 7) is 1.67. The summed E-state index contributed by atoms with van der Waals surface area (Å²) in [7, 11) is -3.89. The van der Waals surface area contributed by atoms with E-state index in [2.05, 4.69) is 9.88 Å². The van der Waals surface area contributed by atoms with Crippen LogP contribution >= 0.6 is 0 Å². The number of alkyl halides is 3. The van der Waals surface area contributed by atoms with E-state index in [1.165, 1.54) is 26.9 Å². The molecule has 2 aromatic rings. The number of carbonyl (C=O) groups is 2. The first kappa shape index (κ1) is 29.5. The molecular formula is C23H27F3N6O6S. The van der Waals surface area contributed by atoms with Crippen molar-refractivity contribution < 1.29 is 36.0 Å². The van der Waals surface area contributed by atoms with Crippen molar-refractivity contribution >= 4 is 33.5 Å². The number of oxime groups is 1. The molecule has 0 saturated carbocycles. The maximum atomic E-state index is 13.0. The Kier molecular flexibility index (Phi) is 9.21. The largest absolute Gasteiger partial charge is 0.471 e. The van der Waals surface area contributed by atoms with Gasteiger partial charge in [0.05, 0.1) is 5.75 Å². The molecule has 3 rings (SSSR count). The van der Waals surface area contributed by atoms with E-state index < -0.39 is 45.6 Å². The number of benzene rings is 1. The molecule has 0 radical (unpaired) electrons. The van der Waals surface area contributed by atoms with Crippen LogP contribution in [0.15, 0.2) is 52.4 Å². The van der Waals surface area contributed by atoms with Crippen LogP contribution in [0, 0.1) is 6.92 Å². The average Bonchev–Trinajstić information content (AvgIpc) is 2.87. The molecule has 0 atom stereocenters. The van der Waals surface area contributed by atoms with Crippen molar-refractivity contribution in [2.24, 2.45) is 10.9 Å². The number of likely N-dealkylation sites (tertiary alicyclic amines) is 1. The maximum absolute atomic E-state index is 13.0. The van der Waals surface area contributed by atoms with Gasteiger partial charge >= 0.3 is 12.1 Å². The number of aromatic nitrogens is 1. The number of anilines is 1. The number of nitrogens with zero attached hydrogens (tertiary/aromatic N) is 3. The van der Waals surface area contributed by atoms with E-state index in [1.807, 2.05) is 0 Å². The summed E-state index contributed by atoms with van der Waals surface area (Å²) in [6, 6.07) is 11.3. The second-order valence-electron chi connectivity index (χ2n) is 8.74. The molecule has 1 aliphatic rings. The monoisotopic (exact) mass is 572 g/mol. The predicted molar refractivity (Wildman–Crippen MR) is 135 cm³/mol. The number of carbonyl (C=O) groups excluding carboxylic acids is 2. The number of rotatable bonds is 8. The van der Waals surface area contributed by atoms with Crippen LogP contribution in [0.4, 0.5) is 18.9 Å². The van der Waals surface area contributed by atoms with E-state index in [9.17, 15) is 36.0 Å². The number of piperidine rings is 1. The van der Waals surface area contributed by atoms with Gasteiger partial charge in [0.2, 0.25) is 21.9 Å². The van der Waals surface area contributed by atoms with Gasteiger partial charge in [0, 0.05) is 31.6 Å². The molecule has 0 aliphatic carbocycles. The average molecular weight is 573 g/mol. The van der Waals surface area contributed by atoms with Crippen LogP contribution in [0.2, 0.25) is 0 Å². The molecule has 12 nitrogen and oxygen atoms in total. The first-order valence-corrected chi connectivity index (χ1v) is 13.3. The van der Waals surface area contributed by atoms with Crippen molar-refractivity contribution in [3.8, 4) is 0 Å². The fourth-order valence-electron chi connectivity index (χ4n) is 3.73. The second kappa shape index (κ2) is 12.2. The SMILES string of the molecule is Cc1ccc(NS(=O)(=O)Cc2ccccc2)c(=O)n1CC(=O)N1CCC(O/N=C(\N)NC(=O)C(F)(F)F)CC1. The van der Waals surface area contributed by atoms with Crippen LogP contribution in [0.5, 0.6) is 0 Å². The Morgan fingerprint density at radius 1 is 1.13 bits per heavy atom. The predicted octanol–water partition coefficient (Wildman–Crippen LogP) is 1.01. The highest BCUT2D eigenvalue weighted by Gasteiger charge is 2.39. The third-order valence-corrected chi connectivity index (χ3v) is 6.99. The van der Waals surface area contributed by atoms with Gasteiger partial charge in [-0.25, -0.2) is 8.42 Å². The molecule has 0 bridgehead atoms. The smallest absolute Gasteiger partial charge is 0.389 e. The third kappa shape index (κ3) is 8.46. The standard InChI is InChI=1S/C23H27F3N6O6S/c1-15-7-8-18(30-39(36,37)14-16-5-3-2-4-6-16)20(34)32(15)13-19(33)31-11-9-17(10-12-31)38-29-22(27)28-21(35)23(24,25)26/h2-8,17,30H,9-14H2,1H3,(H3,27,28,29,35). The lowest BCUT2D eigenvalue weighted by atomic mass is 10.1. The van der Waals surface area contributed by atoms with E-state index in [1.54, 1.807) is 37.3 Å². The van der Waals surface area contributed by atoms with E-state index in [0.29, 0.717) is 11.3 Å². The summed E-state index contributed by atoms with van der Waals surface area (Å²) in [5.41, 5.74) is 5.34. The molecule has 4 N–H and O–H groups in total. The van der Waals surface area contributed by atoms with Gasteiger partial charge in [-0.2, -0.15) is 13.2 Å². The highest BCUT2D eigenvalue weighted by molar-refractivity contribution is 7.91. The Hall–Kier alpha value is -4.08. The summed E-state index contributed by atoms with van der Waals surface area (Å²) >= 11 is 0. The van der Waals surface area contributed by atoms with E-state index >= 15 is 0 Å². The van der Waals surface area contributed by atoms with Crippen LogP contribution in [-0.4, -0.2) is 61.0 Å². The van der Waals surface area contributed by atoms with Gasteiger partial charge in [0.1, 0.15) is 18.3 Å². The van der Waals surface area contributed by atoms with Gasteiger partial charge in [0.15, 0.2) is 0 Å². The first-order chi connectivity index (χ1) is 18.2. The van der Waals surface area contributed by atoms with Gasteiger partial charge in [-0.3, -0.25) is 24.4 Å². The molecule has 0 spiro atoms. The van der Waals surface area contributed by atoms with Gasteiger partial charge in [-0.15, -0.1) is 0 Å². The molecule has 212 valence electrons. The third-order valence-electron chi connectivity index (χ3n) is 5.74. The Morgan fingerprint density at radius 2 is 1.77 bits per heavy atom. The number of nitrogens with one attached hydrogen (secondary N) is 2. The van der Waals surface area contributed by atoms with Crippen LogP contribution in [0.3, 0.4) is 0 Å². The Labute approximate surface area is 221 Å². The summed E-state index contributed by atoms with van der Waals surface area (Å²) in [6.07, 6.45) is -5.16. The van der Waals surface area contributed by atoms with E-state index in [0.717, 1.165) is 0 Å². The number of guanidine groups is 1. The molecule has 39 heavy (non-hydrogen) atoms. The van der Waals surface area contributed by atoms with Crippen molar-refractivity contribution in [1.82, 2.24) is 14.8 Å². The number of hydrogen-bond donors (Lipinski definition) is 3. The lowest BCUT2D eigenvalue weighted by Gasteiger charge is -2.31. The summed E-state index contributed by atoms with van der Waals surface area (Å²) < 4.78 is 65.4. The molecule has 1 aliphatic heterocycles. The molecule has 0 unspecified atom stereocenters. The Morgan fingerprint density at radius 3 is 2.38 bits per heavy atom. The van der Waals surface area contributed by atoms with Crippen molar-refractivity contribution in [3.05, 3.63) is 64.1 Å². The molecule has 1 aromatic heterocycles. The molecule has 1 saturated heterocycles. The minimum absolute atomic E-state index is 0.190. The zero-order valence-electron chi connectivity index (χ0n) is 20.8. The van der Waals surface area contributed by atoms with Crippen molar-refractivity contribution in [1.29, 1.82) is 0 Å². The van der Waals surface area contributed by atoms with Gasteiger partial charge in [-0.1, -0.05) is 30.3 Å². The molecular weight excluding hydrogens is 545 g/mol. The zero-order valence-corrected chi connectivity index (χ0v) is 21.6. The highest BCUT2D eigenvalue weighted by Crippen LogP contribution is 2.16. The van der Waals surface area contributed by atoms with Crippen molar-refractivity contribution in [2.75, 3.05) is 17.8 Å². The Bertz CT molecular complexity index is 1390. The number of hydrogen-bond acceptors (Lipinski definition) is 7. The van der Waals surface area contributed by atoms with Gasteiger partial charge < -0.3 is 20.0 Å². The highest BCUT2D eigenvalue weighted by atomic mass is 32.2. The van der Waals surface area contributed by atoms with Crippen molar-refractivity contribution in [2.45, 2.75) is 44.3 Å². The number of pyridine rings is 1. The van der Waals surface area contributed by atoms with Gasteiger partial charge in [0.25, 0.3) is 5.56 Å².